The Morgan fingerprint density at radius 1 is 1.61 bits per heavy atom. The Labute approximate surface area is 139 Å². The van der Waals surface area contributed by atoms with E-state index in [2.05, 4.69) is 31.2 Å². The van der Waals surface area contributed by atoms with Gasteiger partial charge in [-0.1, -0.05) is 0 Å². The van der Waals surface area contributed by atoms with Crippen LogP contribution in [0.25, 0.3) is 0 Å². The lowest BCUT2D eigenvalue weighted by Gasteiger charge is -2.17. The number of aromatic nitrogens is 4. The highest BCUT2D eigenvalue weighted by Gasteiger charge is 2.32. The molecule has 0 aliphatic rings. The molecule has 0 saturated heterocycles. The Hall–Kier alpha value is -2.43. The van der Waals surface area contributed by atoms with Crippen molar-refractivity contribution >= 4 is 27.5 Å². The molecule has 0 unspecified atom stereocenters. The first-order valence-electron chi connectivity index (χ1n) is 6.63. The lowest BCUT2D eigenvalue weighted by Crippen LogP contribution is -2.28. The van der Waals surface area contributed by atoms with Crippen LogP contribution in [-0.2, 0) is 13.1 Å². The van der Waals surface area contributed by atoms with Crippen molar-refractivity contribution in [3.63, 3.8) is 0 Å². The van der Waals surface area contributed by atoms with Crippen LogP contribution in [0.5, 0.6) is 5.88 Å². The number of methoxy groups -OCH3 is 1. The number of amides is 1. The monoisotopic (exact) mass is 386 g/mol. The molecule has 0 saturated carbocycles. The fourth-order valence-electron chi connectivity index (χ4n) is 2.09. The molecule has 23 heavy (non-hydrogen) atoms. The van der Waals surface area contributed by atoms with Crippen LogP contribution in [0.4, 0.5) is 5.69 Å². The van der Waals surface area contributed by atoms with E-state index in [1.807, 2.05) is 6.92 Å². The molecule has 0 aromatic carbocycles. The quantitative estimate of drug-likeness (QED) is 0.594. The Morgan fingerprint density at radius 3 is 2.87 bits per heavy atom. The smallest absolute Gasteiger partial charge is 0.362 e. The molecule has 1 N–H and O–H groups in total. The van der Waals surface area contributed by atoms with Gasteiger partial charge in [-0.25, -0.2) is 0 Å². The second-order valence-electron chi connectivity index (χ2n) is 4.63. The van der Waals surface area contributed by atoms with Crippen LogP contribution in [0.15, 0.2) is 10.7 Å². The Morgan fingerprint density at radius 2 is 2.30 bits per heavy atom. The number of ether oxygens (including phenoxy) is 1. The van der Waals surface area contributed by atoms with E-state index in [1.165, 1.54) is 12.0 Å². The van der Waals surface area contributed by atoms with Crippen LogP contribution < -0.4 is 4.74 Å². The number of hydrogen-bond donors (Lipinski definition) is 1. The molecule has 0 aliphatic carbocycles. The largest absolute Gasteiger partial charge is 0.475 e. The van der Waals surface area contributed by atoms with Gasteiger partial charge in [0.2, 0.25) is 5.69 Å². The first kappa shape index (κ1) is 16.9. The van der Waals surface area contributed by atoms with Crippen LogP contribution in [0.2, 0.25) is 0 Å². The molecule has 0 spiro atoms. The Kier molecular flexibility index (Phi) is 4.98. The molecule has 1 amide bonds. The van der Waals surface area contributed by atoms with Gasteiger partial charge in [-0.3, -0.25) is 24.7 Å². The van der Waals surface area contributed by atoms with Gasteiger partial charge in [0.25, 0.3) is 5.91 Å². The van der Waals surface area contributed by atoms with Gasteiger partial charge in [-0.2, -0.15) is 5.10 Å². The minimum absolute atomic E-state index is 0.228. The normalized spacial score (nSPS) is 10.6. The van der Waals surface area contributed by atoms with Crippen molar-refractivity contribution in [1.29, 1.82) is 0 Å². The van der Waals surface area contributed by atoms with Crippen LogP contribution >= 0.6 is 15.9 Å². The topological polar surface area (TPSA) is 119 Å². The van der Waals surface area contributed by atoms with Gasteiger partial charge < -0.3 is 9.64 Å². The Balaban J connectivity index is 2.28. The maximum absolute atomic E-state index is 12.5. The average molecular weight is 387 g/mol. The van der Waals surface area contributed by atoms with Crippen LogP contribution in [0, 0.1) is 10.1 Å². The number of aryl methyl sites for hydroxylation is 1. The van der Waals surface area contributed by atoms with Gasteiger partial charge in [0.1, 0.15) is 0 Å². The third-order valence-corrected chi connectivity index (χ3v) is 3.89. The molecule has 11 heteroatoms. The summed E-state index contributed by atoms with van der Waals surface area (Å²) in [7, 11) is 2.79. The molecule has 2 rings (SSSR count). The number of hydrogen-bond acceptors (Lipinski definition) is 6. The molecule has 2 aromatic heterocycles. The predicted molar refractivity (Wildman–Crippen MR) is 83.2 cm³/mol. The van der Waals surface area contributed by atoms with E-state index < -0.39 is 16.5 Å². The Bertz CT molecular complexity index is 740. The third-order valence-electron chi connectivity index (χ3n) is 3.23. The number of H-pyrrole nitrogens is 1. The number of nitrogens with zero attached hydrogens (tertiary/aromatic N) is 5. The molecular weight excluding hydrogens is 372 g/mol. The van der Waals surface area contributed by atoms with Gasteiger partial charge in [0.15, 0.2) is 0 Å². The molecule has 0 atom stereocenters. The summed E-state index contributed by atoms with van der Waals surface area (Å²) in [6.07, 6.45) is 1.64. The molecule has 10 nitrogen and oxygen atoms in total. The molecule has 124 valence electrons. The van der Waals surface area contributed by atoms with Crippen molar-refractivity contribution in [2.75, 3.05) is 14.2 Å². The van der Waals surface area contributed by atoms with Gasteiger partial charge in [-0.05, 0) is 22.9 Å². The van der Waals surface area contributed by atoms with E-state index >= 15 is 0 Å². The zero-order valence-corrected chi connectivity index (χ0v) is 14.3. The minimum atomic E-state index is -0.699. The molecule has 0 bridgehead atoms. The number of halogens is 1. The standard InChI is InChI=1S/C12H15BrN6O4/c1-4-18-8(7(13)5-14-18)6-17(2)12(20)9-10(19(21)22)11(23-3)16-15-9/h5H,4,6H2,1-3H3,(H,15,16). The van der Waals surface area contributed by atoms with Crippen LogP contribution in [0.3, 0.4) is 0 Å². The maximum Gasteiger partial charge on any atom is 0.362 e. The molecular formula is C12H15BrN6O4. The summed E-state index contributed by atoms with van der Waals surface area (Å²) in [5.74, 6) is -0.796. The third kappa shape index (κ3) is 3.18. The fourth-order valence-corrected chi connectivity index (χ4v) is 2.51. The van der Waals surface area contributed by atoms with Gasteiger partial charge in [0, 0.05) is 13.6 Å². The number of carbonyl (C=O) groups excluding carboxylic acids is 1. The van der Waals surface area contributed by atoms with Crippen molar-refractivity contribution in [3.05, 3.63) is 32.2 Å². The highest BCUT2D eigenvalue weighted by Crippen LogP contribution is 2.29. The predicted octanol–water partition coefficient (Wildman–Crippen LogP) is 1.58. The van der Waals surface area contributed by atoms with Crippen molar-refractivity contribution in [3.8, 4) is 5.88 Å². The molecule has 0 fully saturated rings. The second kappa shape index (κ2) is 6.77. The van der Waals surface area contributed by atoms with Crippen LogP contribution in [-0.4, -0.2) is 49.9 Å². The van der Waals surface area contributed by atoms with Gasteiger partial charge in [0.05, 0.1) is 34.9 Å². The lowest BCUT2D eigenvalue weighted by molar-refractivity contribution is -0.386. The van der Waals surface area contributed by atoms with Crippen molar-refractivity contribution in [2.45, 2.75) is 20.0 Å². The summed E-state index contributed by atoms with van der Waals surface area (Å²) in [5.41, 5.74) is 0.0814. The molecule has 2 heterocycles. The van der Waals surface area contributed by atoms with Crippen molar-refractivity contribution in [1.82, 2.24) is 24.9 Å². The van der Waals surface area contributed by atoms with E-state index in [-0.39, 0.29) is 18.1 Å². The average Bonchev–Trinajstić information content (AvgIpc) is 3.10. The lowest BCUT2D eigenvalue weighted by atomic mass is 10.3. The van der Waals surface area contributed by atoms with Crippen LogP contribution in [0.1, 0.15) is 23.1 Å². The summed E-state index contributed by atoms with van der Waals surface area (Å²) in [6.45, 7) is 2.79. The summed E-state index contributed by atoms with van der Waals surface area (Å²) >= 11 is 3.38. The number of nitro groups is 1. The maximum atomic E-state index is 12.5. The molecule has 0 aliphatic heterocycles. The number of aromatic amines is 1. The van der Waals surface area contributed by atoms with Gasteiger partial charge >= 0.3 is 11.6 Å². The summed E-state index contributed by atoms with van der Waals surface area (Å²) in [4.78, 5) is 24.3. The highest BCUT2D eigenvalue weighted by atomic mass is 79.9. The first-order chi connectivity index (χ1) is 10.9. The van der Waals surface area contributed by atoms with E-state index in [4.69, 9.17) is 4.74 Å². The van der Waals surface area contributed by atoms with E-state index in [0.717, 1.165) is 10.2 Å². The van der Waals surface area contributed by atoms with E-state index in [0.29, 0.717) is 6.54 Å². The summed E-state index contributed by atoms with van der Waals surface area (Å²) in [5, 5.41) is 21.3. The number of rotatable bonds is 6. The van der Waals surface area contributed by atoms with E-state index in [9.17, 15) is 14.9 Å². The molecule has 2 aromatic rings. The number of carbonyl (C=O) groups is 1. The fraction of sp³-hybridized carbons (Fsp3) is 0.417. The van der Waals surface area contributed by atoms with E-state index in [1.54, 1.807) is 17.9 Å². The zero-order chi connectivity index (χ0) is 17.1. The van der Waals surface area contributed by atoms with Crippen molar-refractivity contribution in [2.24, 2.45) is 0 Å². The zero-order valence-electron chi connectivity index (χ0n) is 12.7. The van der Waals surface area contributed by atoms with Crippen molar-refractivity contribution < 1.29 is 14.5 Å². The SMILES string of the molecule is CCn1ncc(Br)c1CN(C)C(=O)c1[nH]nc(OC)c1[N+](=O)[O-]. The first-order valence-corrected chi connectivity index (χ1v) is 7.42. The number of nitrogens with one attached hydrogen (secondary N) is 1. The second-order valence-corrected chi connectivity index (χ2v) is 5.48. The summed E-state index contributed by atoms with van der Waals surface area (Å²) in [6, 6.07) is 0. The summed E-state index contributed by atoms with van der Waals surface area (Å²) < 4.78 is 7.29. The van der Waals surface area contributed by atoms with Gasteiger partial charge in [-0.15, -0.1) is 5.10 Å². The molecule has 0 radical (unpaired) electrons. The minimum Gasteiger partial charge on any atom is -0.475 e. The highest BCUT2D eigenvalue weighted by molar-refractivity contribution is 9.10.